The van der Waals surface area contributed by atoms with Crippen LogP contribution in [0.2, 0.25) is 0 Å². The zero-order valence-corrected chi connectivity index (χ0v) is 28.4. The zero-order chi connectivity index (χ0) is 37.4. The number of carbonyl (C=O) groups is 2. The number of carboxylic acids is 2. The standard InChI is InChI=1S/2C16H19N5O5/c2*1-2-3-6-25-15-19-13(17)12-14(20-15)21(16(24)18-12)8-10-5-4-9(26-10)7-11(22)23/h2*4-5H,2-3,6-8H2,1H3,(H,18,24)(H,22,23)(H2,17,19,20). The number of rotatable bonds is 16. The SMILES string of the molecule is CCCCOc1nc(N)c2[nH]c(=O)n(Cc3ccc(CC(=O)O)o3)c2n1.CCCCOc1nc(N)c2[nH]c(=O)n(Cc3ccc(CC(=O)O)o3)c2n1. The molecule has 20 nitrogen and oxygen atoms in total. The van der Waals surface area contributed by atoms with Crippen LogP contribution in [-0.4, -0.2) is 74.4 Å². The van der Waals surface area contributed by atoms with E-state index in [0.29, 0.717) is 58.6 Å². The predicted octanol–water partition coefficient (Wildman–Crippen LogP) is 2.30. The molecule has 6 aromatic rings. The van der Waals surface area contributed by atoms with Gasteiger partial charge in [0.15, 0.2) is 22.9 Å². The third kappa shape index (κ3) is 8.94. The molecule has 6 aromatic heterocycles. The fourth-order valence-electron chi connectivity index (χ4n) is 4.91. The van der Waals surface area contributed by atoms with Crippen LogP contribution in [0.25, 0.3) is 22.3 Å². The molecule has 8 N–H and O–H groups in total. The van der Waals surface area contributed by atoms with Gasteiger partial charge in [0, 0.05) is 0 Å². The Balaban J connectivity index is 0.000000201. The number of aromatic nitrogens is 8. The van der Waals surface area contributed by atoms with Crippen molar-refractivity contribution in [2.45, 2.75) is 65.5 Å². The molecule has 0 amide bonds. The van der Waals surface area contributed by atoms with E-state index in [-0.39, 0.29) is 49.6 Å². The predicted molar refractivity (Wildman–Crippen MR) is 184 cm³/mol. The lowest BCUT2D eigenvalue weighted by Crippen LogP contribution is -2.17. The number of hydrogen-bond donors (Lipinski definition) is 6. The van der Waals surface area contributed by atoms with Crippen molar-refractivity contribution in [3.05, 3.63) is 68.3 Å². The monoisotopic (exact) mass is 722 g/mol. The second-order valence-electron chi connectivity index (χ2n) is 11.5. The number of nitrogens with one attached hydrogen (secondary N) is 2. The van der Waals surface area contributed by atoms with Crippen LogP contribution in [0.5, 0.6) is 12.0 Å². The summed E-state index contributed by atoms with van der Waals surface area (Å²) in [5.74, 6) is -0.304. The molecule has 0 bridgehead atoms. The van der Waals surface area contributed by atoms with Gasteiger partial charge in [0.2, 0.25) is 0 Å². The van der Waals surface area contributed by atoms with Gasteiger partial charge in [-0.25, -0.2) is 9.59 Å². The Morgan fingerprint density at radius 1 is 0.692 bits per heavy atom. The number of ether oxygens (including phenoxy) is 2. The summed E-state index contributed by atoms with van der Waals surface area (Å²) < 4.78 is 24.5. The number of fused-ring (bicyclic) bond motifs is 2. The van der Waals surface area contributed by atoms with E-state index in [1.165, 1.54) is 9.13 Å². The van der Waals surface area contributed by atoms with Crippen LogP contribution in [0.4, 0.5) is 11.6 Å². The maximum atomic E-state index is 12.3. The third-order valence-corrected chi connectivity index (χ3v) is 7.43. The number of anilines is 2. The summed E-state index contributed by atoms with van der Waals surface area (Å²) in [4.78, 5) is 67.8. The van der Waals surface area contributed by atoms with Crippen LogP contribution in [-0.2, 0) is 35.5 Å². The zero-order valence-electron chi connectivity index (χ0n) is 28.4. The first-order valence-corrected chi connectivity index (χ1v) is 16.3. The number of aromatic amines is 2. The summed E-state index contributed by atoms with van der Waals surface area (Å²) in [5, 5.41) is 17.6. The Kier molecular flexibility index (Phi) is 11.6. The quantitative estimate of drug-likeness (QED) is 0.0781. The van der Waals surface area contributed by atoms with E-state index in [9.17, 15) is 19.2 Å². The molecular formula is C32H38N10O10. The average Bonchev–Trinajstić information content (AvgIpc) is 3.86. The molecule has 276 valence electrons. The Hall–Kier alpha value is -6.60. The van der Waals surface area contributed by atoms with Gasteiger partial charge in [-0.1, -0.05) is 26.7 Å². The van der Waals surface area contributed by atoms with E-state index in [4.69, 9.17) is 40.0 Å². The van der Waals surface area contributed by atoms with E-state index in [0.717, 1.165) is 25.7 Å². The molecule has 0 atom stereocenters. The minimum atomic E-state index is -0.996. The van der Waals surface area contributed by atoms with Crippen LogP contribution >= 0.6 is 0 Å². The second kappa shape index (κ2) is 16.4. The maximum absolute atomic E-state index is 12.3. The Morgan fingerprint density at radius 3 is 1.44 bits per heavy atom. The summed E-state index contributed by atoms with van der Waals surface area (Å²) in [6.45, 7) is 5.12. The molecule has 0 saturated heterocycles. The van der Waals surface area contributed by atoms with Crippen LogP contribution in [0, 0.1) is 0 Å². The molecule has 52 heavy (non-hydrogen) atoms. The number of nitrogens with zero attached hydrogens (tertiary/aromatic N) is 6. The summed E-state index contributed by atoms with van der Waals surface area (Å²) in [6.07, 6.45) is 3.16. The molecule has 0 aliphatic heterocycles. The molecular weight excluding hydrogens is 684 g/mol. The third-order valence-electron chi connectivity index (χ3n) is 7.43. The van der Waals surface area contributed by atoms with Crippen molar-refractivity contribution in [1.82, 2.24) is 39.0 Å². The summed E-state index contributed by atoms with van der Waals surface area (Å²) >= 11 is 0. The molecule has 20 heteroatoms. The molecule has 0 fully saturated rings. The van der Waals surface area contributed by atoms with Crippen LogP contribution in [0.15, 0.2) is 42.7 Å². The van der Waals surface area contributed by atoms with Gasteiger partial charge in [0.25, 0.3) is 0 Å². The van der Waals surface area contributed by atoms with Crippen LogP contribution in [0.3, 0.4) is 0 Å². The lowest BCUT2D eigenvalue weighted by Gasteiger charge is -2.06. The van der Waals surface area contributed by atoms with Gasteiger partial charge < -0.3 is 50.0 Å². The number of carboxylic acid groups (broad SMARTS) is 2. The normalized spacial score (nSPS) is 11.1. The first-order valence-electron chi connectivity index (χ1n) is 16.3. The molecule has 0 spiro atoms. The van der Waals surface area contributed by atoms with E-state index in [1.807, 2.05) is 13.8 Å². The highest BCUT2D eigenvalue weighted by Crippen LogP contribution is 2.21. The lowest BCUT2D eigenvalue weighted by atomic mass is 10.3. The molecule has 0 aliphatic carbocycles. The van der Waals surface area contributed by atoms with Gasteiger partial charge in [-0.15, -0.1) is 0 Å². The minimum absolute atomic E-state index is 0.0727. The largest absolute Gasteiger partial charge is 0.481 e. The first kappa shape index (κ1) is 36.7. The summed E-state index contributed by atoms with van der Waals surface area (Å²) in [5.41, 5.74) is 12.2. The van der Waals surface area contributed by atoms with Crippen molar-refractivity contribution in [2.75, 3.05) is 24.7 Å². The number of nitrogens with two attached hydrogens (primary N) is 2. The fraction of sp³-hybridized carbons (Fsp3) is 0.375. The van der Waals surface area contributed by atoms with Gasteiger partial charge >= 0.3 is 35.3 Å². The average molecular weight is 723 g/mol. The number of unbranched alkanes of at least 4 members (excludes halogenated alkanes) is 2. The van der Waals surface area contributed by atoms with Gasteiger partial charge in [0.1, 0.15) is 46.9 Å². The van der Waals surface area contributed by atoms with Gasteiger partial charge in [-0.3, -0.25) is 18.7 Å². The number of hydrogen-bond acceptors (Lipinski definition) is 14. The van der Waals surface area contributed by atoms with E-state index in [2.05, 4.69) is 29.9 Å². The topological polar surface area (TPSA) is 299 Å². The fourth-order valence-corrected chi connectivity index (χ4v) is 4.91. The van der Waals surface area contributed by atoms with Crippen molar-refractivity contribution in [3.63, 3.8) is 0 Å². The van der Waals surface area contributed by atoms with Gasteiger partial charge in [0.05, 0.1) is 26.3 Å². The number of nitrogen functional groups attached to an aromatic ring is 2. The number of aliphatic carboxylic acids is 2. The van der Waals surface area contributed by atoms with E-state index in [1.54, 1.807) is 24.3 Å². The summed E-state index contributed by atoms with van der Waals surface area (Å²) in [6, 6.07) is 6.56. The van der Waals surface area contributed by atoms with Crippen LogP contribution in [0.1, 0.15) is 62.6 Å². The highest BCUT2D eigenvalue weighted by Gasteiger charge is 2.18. The molecule has 6 rings (SSSR count). The van der Waals surface area contributed by atoms with Crippen LogP contribution < -0.4 is 32.3 Å². The molecule has 0 aliphatic rings. The smallest absolute Gasteiger partial charge is 0.328 e. The first-order chi connectivity index (χ1) is 24.9. The molecule has 6 heterocycles. The van der Waals surface area contributed by atoms with Crippen molar-refractivity contribution in [3.8, 4) is 12.0 Å². The highest BCUT2D eigenvalue weighted by molar-refractivity contribution is 5.82. The van der Waals surface area contributed by atoms with E-state index < -0.39 is 23.3 Å². The van der Waals surface area contributed by atoms with E-state index >= 15 is 0 Å². The minimum Gasteiger partial charge on any atom is -0.481 e. The van der Waals surface area contributed by atoms with Crippen molar-refractivity contribution in [1.29, 1.82) is 0 Å². The van der Waals surface area contributed by atoms with Crippen molar-refractivity contribution >= 4 is 45.9 Å². The Bertz CT molecular complexity index is 2130. The van der Waals surface area contributed by atoms with Crippen molar-refractivity contribution in [2.24, 2.45) is 0 Å². The van der Waals surface area contributed by atoms with Gasteiger partial charge in [-0.2, -0.15) is 19.9 Å². The Morgan fingerprint density at radius 2 is 1.08 bits per heavy atom. The lowest BCUT2D eigenvalue weighted by molar-refractivity contribution is -0.137. The number of imidazole rings is 2. The molecule has 0 unspecified atom stereocenters. The maximum Gasteiger partial charge on any atom is 0.328 e. The number of furan rings is 2. The van der Waals surface area contributed by atoms with Gasteiger partial charge in [-0.05, 0) is 37.1 Å². The second-order valence-corrected chi connectivity index (χ2v) is 11.5. The Labute approximate surface area is 293 Å². The van der Waals surface area contributed by atoms with Crippen molar-refractivity contribution < 1.29 is 38.1 Å². The number of H-pyrrole nitrogens is 2. The molecule has 0 saturated carbocycles. The molecule has 0 aromatic carbocycles. The summed E-state index contributed by atoms with van der Waals surface area (Å²) in [7, 11) is 0. The molecule has 0 radical (unpaired) electrons. The highest BCUT2D eigenvalue weighted by atomic mass is 16.5.